The van der Waals surface area contributed by atoms with E-state index in [1.165, 1.54) is 0 Å². The maximum Gasteiger partial charge on any atom is 0.139 e. The van der Waals surface area contributed by atoms with E-state index in [1.54, 1.807) is 24.3 Å². The van der Waals surface area contributed by atoms with Crippen LogP contribution in [0.1, 0.15) is 16.7 Å². The second-order valence-corrected chi connectivity index (χ2v) is 6.67. The number of hydrogen-bond donors (Lipinski definition) is 2. The van der Waals surface area contributed by atoms with E-state index in [1.807, 2.05) is 54.7 Å². The van der Waals surface area contributed by atoms with Crippen molar-refractivity contribution < 1.29 is 9.90 Å². The van der Waals surface area contributed by atoms with Crippen molar-refractivity contribution >= 4 is 28.8 Å². The van der Waals surface area contributed by atoms with E-state index < -0.39 is 5.41 Å². The molecule has 26 heavy (non-hydrogen) atoms. The fourth-order valence-electron chi connectivity index (χ4n) is 3.53. The molecule has 0 unspecified atom stereocenters. The zero-order valence-corrected chi connectivity index (χ0v) is 14.6. The van der Waals surface area contributed by atoms with Gasteiger partial charge in [0.05, 0.1) is 0 Å². The molecule has 0 bridgehead atoms. The first-order valence-electron chi connectivity index (χ1n) is 8.23. The van der Waals surface area contributed by atoms with E-state index in [-0.39, 0.29) is 5.75 Å². The summed E-state index contributed by atoms with van der Waals surface area (Å²) >= 11 is 6.11. The molecule has 0 aliphatic carbocycles. The number of benzene rings is 3. The normalized spacial score (nSPS) is 13.4. The minimum Gasteiger partial charge on any atom is -0.508 e. The number of hydrogen-bond acceptors (Lipinski definition) is 2. The van der Waals surface area contributed by atoms with Crippen LogP contribution in [0.5, 0.6) is 5.75 Å². The van der Waals surface area contributed by atoms with Gasteiger partial charge in [0.25, 0.3) is 0 Å². The molecule has 4 heteroatoms. The first kappa shape index (κ1) is 16.4. The SMILES string of the molecule is O=C[C@@](c1ccccc1)(c1ccc(O)cc1)c1c[nH]c2cc(Cl)ccc12. The third kappa shape index (κ3) is 2.49. The number of aromatic nitrogens is 1. The quantitative estimate of drug-likeness (QED) is 0.499. The van der Waals surface area contributed by atoms with Gasteiger partial charge in [-0.3, -0.25) is 0 Å². The van der Waals surface area contributed by atoms with Gasteiger partial charge in [0.15, 0.2) is 0 Å². The number of aromatic hydroxyl groups is 1. The highest BCUT2D eigenvalue weighted by atomic mass is 35.5. The van der Waals surface area contributed by atoms with Gasteiger partial charge in [-0.25, -0.2) is 0 Å². The summed E-state index contributed by atoms with van der Waals surface area (Å²) in [6, 6.07) is 22.0. The predicted octanol–water partition coefficient (Wildman–Crippen LogP) is 5.06. The van der Waals surface area contributed by atoms with Gasteiger partial charge in [0.1, 0.15) is 17.5 Å². The minimum absolute atomic E-state index is 0.160. The molecular weight excluding hydrogens is 346 g/mol. The molecule has 0 saturated heterocycles. The van der Waals surface area contributed by atoms with E-state index >= 15 is 0 Å². The Bertz CT molecular complexity index is 1070. The summed E-state index contributed by atoms with van der Waals surface area (Å²) in [6.45, 7) is 0. The number of carbonyl (C=O) groups excluding carboxylic acids is 1. The zero-order chi connectivity index (χ0) is 18.1. The zero-order valence-electron chi connectivity index (χ0n) is 13.8. The van der Waals surface area contributed by atoms with E-state index in [2.05, 4.69) is 4.98 Å². The first-order valence-corrected chi connectivity index (χ1v) is 8.61. The number of aromatic amines is 1. The van der Waals surface area contributed by atoms with Crippen LogP contribution in [0.15, 0.2) is 79.0 Å². The van der Waals surface area contributed by atoms with E-state index in [4.69, 9.17) is 11.6 Å². The molecule has 4 aromatic rings. The van der Waals surface area contributed by atoms with Crippen molar-refractivity contribution in [2.45, 2.75) is 5.41 Å². The van der Waals surface area contributed by atoms with Crippen molar-refractivity contribution in [2.75, 3.05) is 0 Å². The Kier molecular flexibility index (Phi) is 4.02. The maximum atomic E-state index is 12.6. The summed E-state index contributed by atoms with van der Waals surface area (Å²) in [5.74, 6) is 0.160. The van der Waals surface area contributed by atoms with Crippen LogP contribution in [-0.4, -0.2) is 16.4 Å². The largest absolute Gasteiger partial charge is 0.508 e. The number of halogens is 1. The highest BCUT2D eigenvalue weighted by molar-refractivity contribution is 6.31. The Morgan fingerprint density at radius 2 is 1.62 bits per heavy atom. The van der Waals surface area contributed by atoms with Crippen molar-refractivity contribution in [2.24, 2.45) is 0 Å². The highest BCUT2D eigenvalue weighted by Gasteiger charge is 2.38. The van der Waals surface area contributed by atoms with Gasteiger partial charge in [-0.05, 0) is 41.0 Å². The molecule has 0 fully saturated rings. The van der Waals surface area contributed by atoms with Gasteiger partial charge in [-0.1, -0.05) is 60.1 Å². The van der Waals surface area contributed by atoms with Crippen LogP contribution in [0, 0.1) is 0 Å². The first-order chi connectivity index (χ1) is 12.6. The Hall–Kier alpha value is -3.04. The molecule has 4 rings (SSSR count). The van der Waals surface area contributed by atoms with Crippen LogP contribution >= 0.6 is 11.6 Å². The average molecular weight is 362 g/mol. The summed E-state index contributed by atoms with van der Waals surface area (Å²) in [6.07, 6.45) is 2.82. The molecule has 0 amide bonds. The molecule has 0 radical (unpaired) electrons. The monoisotopic (exact) mass is 361 g/mol. The van der Waals surface area contributed by atoms with Crippen molar-refractivity contribution in [3.8, 4) is 5.75 Å². The van der Waals surface area contributed by atoms with E-state index in [0.29, 0.717) is 5.02 Å². The number of H-pyrrole nitrogens is 1. The number of fused-ring (bicyclic) bond motifs is 1. The molecule has 0 aliphatic rings. The predicted molar refractivity (Wildman–Crippen MR) is 104 cm³/mol. The standard InChI is InChI=1S/C22H16ClNO2/c23-17-8-11-19-20(13-24-21(19)12-17)22(14-25,15-4-2-1-3-5-15)16-6-9-18(26)10-7-16/h1-14,24,26H/t22-/m1/s1. The molecule has 0 saturated carbocycles. The van der Waals surface area contributed by atoms with Crippen LogP contribution in [0.4, 0.5) is 0 Å². The molecule has 3 nitrogen and oxygen atoms in total. The van der Waals surface area contributed by atoms with Gasteiger partial charge < -0.3 is 14.9 Å². The van der Waals surface area contributed by atoms with Gasteiger partial charge in [0.2, 0.25) is 0 Å². The van der Waals surface area contributed by atoms with Crippen LogP contribution < -0.4 is 0 Å². The Morgan fingerprint density at radius 3 is 2.31 bits per heavy atom. The molecule has 1 atom stereocenters. The summed E-state index contributed by atoms with van der Waals surface area (Å²) in [5, 5.41) is 11.2. The summed E-state index contributed by atoms with van der Waals surface area (Å²) < 4.78 is 0. The lowest BCUT2D eigenvalue weighted by molar-refractivity contribution is -0.110. The molecule has 2 N–H and O–H groups in total. The second-order valence-electron chi connectivity index (χ2n) is 6.23. The Labute approximate surface area is 155 Å². The Morgan fingerprint density at radius 1 is 0.923 bits per heavy atom. The fraction of sp³-hybridized carbons (Fsp3) is 0.0455. The van der Waals surface area contributed by atoms with Gasteiger partial charge >= 0.3 is 0 Å². The van der Waals surface area contributed by atoms with E-state index in [0.717, 1.165) is 33.9 Å². The smallest absolute Gasteiger partial charge is 0.139 e. The second kappa shape index (κ2) is 6.36. The lowest BCUT2D eigenvalue weighted by Gasteiger charge is -2.29. The number of phenolic OH excluding ortho intramolecular Hbond substituents is 1. The average Bonchev–Trinajstić information content (AvgIpc) is 3.08. The molecule has 0 spiro atoms. The molecular formula is C22H16ClNO2. The summed E-state index contributed by atoms with van der Waals surface area (Å²) in [7, 11) is 0. The van der Waals surface area contributed by atoms with E-state index in [9.17, 15) is 9.90 Å². The van der Waals surface area contributed by atoms with Gasteiger partial charge in [-0.2, -0.15) is 0 Å². The lowest BCUT2D eigenvalue weighted by atomic mass is 9.70. The van der Waals surface area contributed by atoms with Crippen LogP contribution in [0.3, 0.4) is 0 Å². The number of phenols is 1. The minimum atomic E-state index is -0.999. The summed E-state index contributed by atoms with van der Waals surface area (Å²) in [5.41, 5.74) is 2.36. The van der Waals surface area contributed by atoms with Crippen molar-refractivity contribution in [1.29, 1.82) is 0 Å². The van der Waals surface area contributed by atoms with Crippen LogP contribution in [0.2, 0.25) is 5.02 Å². The molecule has 1 aromatic heterocycles. The summed E-state index contributed by atoms with van der Waals surface area (Å²) in [4.78, 5) is 15.8. The van der Waals surface area contributed by atoms with Crippen molar-refractivity contribution in [1.82, 2.24) is 4.98 Å². The molecule has 1 heterocycles. The van der Waals surface area contributed by atoms with Gasteiger partial charge in [0, 0.05) is 22.1 Å². The molecule has 128 valence electrons. The number of carbonyl (C=O) groups is 1. The topological polar surface area (TPSA) is 53.1 Å². The van der Waals surface area contributed by atoms with Crippen molar-refractivity contribution in [3.05, 3.63) is 101 Å². The number of nitrogens with one attached hydrogen (secondary N) is 1. The number of rotatable bonds is 4. The fourth-order valence-corrected chi connectivity index (χ4v) is 3.70. The third-order valence-electron chi connectivity index (χ3n) is 4.80. The van der Waals surface area contributed by atoms with Crippen LogP contribution in [0.25, 0.3) is 10.9 Å². The Balaban J connectivity index is 2.07. The maximum absolute atomic E-state index is 12.6. The molecule has 0 aliphatic heterocycles. The third-order valence-corrected chi connectivity index (χ3v) is 5.03. The number of aldehydes is 1. The van der Waals surface area contributed by atoms with Gasteiger partial charge in [-0.15, -0.1) is 0 Å². The molecule has 3 aromatic carbocycles. The highest BCUT2D eigenvalue weighted by Crippen LogP contribution is 2.41. The van der Waals surface area contributed by atoms with Crippen molar-refractivity contribution in [3.63, 3.8) is 0 Å². The van der Waals surface area contributed by atoms with Crippen LogP contribution in [-0.2, 0) is 10.2 Å². The lowest BCUT2D eigenvalue weighted by Crippen LogP contribution is -2.30.